The third-order valence-electron chi connectivity index (χ3n) is 4.52. The zero-order chi connectivity index (χ0) is 22.9. The van der Waals surface area contributed by atoms with E-state index in [1.165, 1.54) is 18.6 Å². The molecule has 11 heteroatoms. The number of H-pyrrole nitrogens is 1. The van der Waals surface area contributed by atoms with Gasteiger partial charge < -0.3 is 15.2 Å². The Labute approximate surface area is 193 Å². The Balaban J connectivity index is 1.50. The van der Waals surface area contributed by atoms with Crippen molar-refractivity contribution in [2.75, 3.05) is 5.32 Å². The average Bonchev–Trinajstić information content (AvgIpc) is 3.32. The molecule has 0 spiro atoms. The van der Waals surface area contributed by atoms with Crippen LogP contribution < -0.4 is 10.1 Å². The van der Waals surface area contributed by atoms with Crippen molar-refractivity contribution in [2.24, 2.45) is 0 Å². The number of ether oxygens (including phenoxy) is 1. The Bertz CT molecular complexity index is 1260. The molecule has 0 radical (unpaired) electrons. The SMILES string of the molecule is CC(C)(O)Cn1cc(NC(=O)c2n[nH]c3ccc(OCc4c(Cl)cncc4Cl)cc23)cn1. The fourth-order valence-electron chi connectivity index (χ4n) is 3.09. The number of halogens is 2. The van der Waals surface area contributed by atoms with Gasteiger partial charge in [-0.1, -0.05) is 23.2 Å². The first-order valence-electron chi connectivity index (χ1n) is 9.64. The maximum Gasteiger partial charge on any atom is 0.276 e. The number of nitrogens with one attached hydrogen (secondary N) is 2. The highest BCUT2D eigenvalue weighted by atomic mass is 35.5. The highest BCUT2D eigenvalue weighted by Gasteiger charge is 2.18. The average molecular weight is 475 g/mol. The number of rotatable bonds is 7. The van der Waals surface area contributed by atoms with Crippen LogP contribution in [0.5, 0.6) is 5.75 Å². The van der Waals surface area contributed by atoms with Crippen molar-refractivity contribution in [1.29, 1.82) is 0 Å². The second-order valence-electron chi connectivity index (χ2n) is 7.84. The van der Waals surface area contributed by atoms with E-state index in [0.717, 1.165) is 0 Å². The van der Waals surface area contributed by atoms with Crippen molar-refractivity contribution < 1.29 is 14.6 Å². The summed E-state index contributed by atoms with van der Waals surface area (Å²) in [6, 6.07) is 5.24. The van der Waals surface area contributed by atoms with Crippen molar-refractivity contribution >= 4 is 45.7 Å². The first-order chi connectivity index (χ1) is 15.2. The number of pyridine rings is 1. The number of carbonyl (C=O) groups is 1. The van der Waals surface area contributed by atoms with Crippen molar-refractivity contribution in [3.05, 3.63) is 64.3 Å². The monoisotopic (exact) mass is 474 g/mol. The summed E-state index contributed by atoms with van der Waals surface area (Å²) in [4.78, 5) is 16.7. The number of aliphatic hydroxyl groups is 1. The van der Waals surface area contributed by atoms with E-state index >= 15 is 0 Å². The van der Waals surface area contributed by atoms with E-state index in [4.69, 9.17) is 27.9 Å². The molecule has 1 amide bonds. The molecule has 1 aromatic carbocycles. The lowest BCUT2D eigenvalue weighted by Gasteiger charge is -2.16. The molecule has 3 N–H and O–H groups in total. The minimum atomic E-state index is -0.924. The van der Waals surface area contributed by atoms with Crippen molar-refractivity contribution in [2.45, 2.75) is 32.6 Å². The first-order valence-corrected chi connectivity index (χ1v) is 10.4. The summed E-state index contributed by atoms with van der Waals surface area (Å²) in [6.45, 7) is 3.80. The Morgan fingerprint density at radius 2 is 2.00 bits per heavy atom. The largest absolute Gasteiger partial charge is 0.489 e. The zero-order valence-electron chi connectivity index (χ0n) is 17.3. The van der Waals surface area contributed by atoms with Crippen LogP contribution in [0.4, 0.5) is 5.69 Å². The summed E-state index contributed by atoms with van der Waals surface area (Å²) in [5.74, 6) is 0.117. The Kier molecular flexibility index (Phi) is 6.05. The smallest absolute Gasteiger partial charge is 0.276 e. The standard InChI is InChI=1S/C21H20Cl2N6O3/c1-21(2,31)11-29-9-12(6-25-29)26-20(30)19-14-5-13(3-4-18(14)27-28-19)32-10-15-16(22)7-24-8-17(15)23/h3-9,31H,10-11H2,1-2H3,(H,26,30)(H,27,28). The van der Waals surface area contributed by atoms with Crippen LogP contribution in [0.2, 0.25) is 10.0 Å². The van der Waals surface area contributed by atoms with Gasteiger partial charge in [-0.25, -0.2) is 0 Å². The van der Waals surface area contributed by atoms with E-state index in [1.807, 2.05) is 0 Å². The van der Waals surface area contributed by atoms with Crippen LogP contribution in [0.15, 0.2) is 43.0 Å². The summed E-state index contributed by atoms with van der Waals surface area (Å²) >= 11 is 12.3. The minimum absolute atomic E-state index is 0.144. The van der Waals surface area contributed by atoms with Crippen LogP contribution in [0.25, 0.3) is 10.9 Å². The van der Waals surface area contributed by atoms with E-state index in [0.29, 0.717) is 44.5 Å². The fourth-order valence-corrected chi connectivity index (χ4v) is 3.56. The van der Waals surface area contributed by atoms with Gasteiger partial charge in [-0.2, -0.15) is 10.2 Å². The number of benzene rings is 1. The quantitative estimate of drug-likeness (QED) is 0.371. The maximum atomic E-state index is 12.8. The third kappa shape index (κ3) is 5.01. The molecule has 0 atom stereocenters. The van der Waals surface area contributed by atoms with Gasteiger partial charge in [0, 0.05) is 29.5 Å². The molecule has 0 bridgehead atoms. The van der Waals surface area contributed by atoms with Gasteiger partial charge in [0.1, 0.15) is 12.4 Å². The van der Waals surface area contributed by atoms with Crippen molar-refractivity contribution in [1.82, 2.24) is 25.0 Å². The molecule has 0 unspecified atom stereocenters. The van der Waals surface area contributed by atoms with E-state index in [2.05, 4.69) is 25.6 Å². The first kappa shape index (κ1) is 22.1. The van der Waals surface area contributed by atoms with Gasteiger partial charge in [0.2, 0.25) is 0 Å². The number of hydrogen-bond acceptors (Lipinski definition) is 6. The molecule has 3 heterocycles. The van der Waals surface area contributed by atoms with Crippen LogP contribution in [0.1, 0.15) is 29.9 Å². The normalized spacial score (nSPS) is 11.7. The maximum absolute atomic E-state index is 12.8. The molecule has 9 nitrogen and oxygen atoms in total. The number of anilines is 1. The van der Waals surface area contributed by atoms with Gasteiger partial charge in [-0.05, 0) is 32.0 Å². The highest BCUT2D eigenvalue weighted by molar-refractivity contribution is 6.35. The Morgan fingerprint density at radius 1 is 1.25 bits per heavy atom. The molecule has 4 rings (SSSR count). The number of carbonyl (C=O) groups excluding carboxylic acids is 1. The predicted octanol–water partition coefficient (Wildman–Crippen LogP) is 4.06. The molecule has 3 aromatic heterocycles. The lowest BCUT2D eigenvalue weighted by Crippen LogP contribution is -2.26. The number of hydrogen-bond donors (Lipinski definition) is 3. The number of amides is 1. The van der Waals surface area contributed by atoms with Crippen LogP contribution >= 0.6 is 23.2 Å². The Morgan fingerprint density at radius 3 is 2.72 bits per heavy atom. The minimum Gasteiger partial charge on any atom is -0.489 e. The van der Waals surface area contributed by atoms with Crippen LogP contribution in [-0.2, 0) is 13.2 Å². The van der Waals surface area contributed by atoms with E-state index in [1.54, 1.807) is 42.9 Å². The number of aromatic nitrogens is 5. The van der Waals surface area contributed by atoms with Gasteiger partial charge in [0.05, 0.1) is 39.6 Å². The van der Waals surface area contributed by atoms with Gasteiger partial charge in [-0.3, -0.25) is 19.6 Å². The predicted molar refractivity (Wildman–Crippen MR) is 121 cm³/mol. The summed E-state index contributed by atoms with van der Waals surface area (Å²) in [5.41, 5.74) is 1.08. The van der Waals surface area contributed by atoms with Crippen molar-refractivity contribution in [3.8, 4) is 5.75 Å². The molecular formula is C21H20Cl2N6O3. The molecule has 0 saturated carbocycles. The lowest BCUT2D eigenvalue weighted by molar-refractivity contribution is 0.0577. The molecule has 0 saturated heterocycles. The van der Waals surface area contributed by atoms with Crippen LogP contribution in [0, 0.1) is 0 Å². The van der Waals surface area contributed by atoms with Gasteiger partial charge >= 0.3 is 0 Å². The van der Waals surface area contributed by atoms with Crippen LogP contribution in [0.3, 0.4) is 0 Å². The van der Waals surface area contributed by atoms with E-state index in [9.17, 15) is 9.90 Å². The molecular weight excluding hydrogens is 455 g/mol. The summed E-state index contributed by atoms with van der Waals surface area (Å²) in [7, 11) is 0. The van der Waals surface area contributed by atoms with E-state index < -0.39 is 11.5 Å². The van der Waals surface area contributed by atoms with Crippen LogP contribution in [-0.4, -0.2) is 41.6 Å². The molecule has 32 heavy (non-hydrogen) atoms. The van der Waals surface area contributed by atoms with Gasteiger partial charge in [0.15, 0.2) is 5.69 Å². The van der Waals surface area contributed by atoms with Gasteiger partial charge in [-0.15, -0.1) is 0 Å². The molecule has 4 aromatic rings. The van der Waals surface area contributed by atoms with Gasteiger partial charge in [0.25, 0.3) is 5.91 Å². The number of aromatic amines is 1. The number of nitrogens with zero attached hydrogens (tertiary/aromatic N) is 4. The Hall–Kier alpha value is -3.14. The summed E-state index contributed by atoms with van der Waals surface area (Å²) in [6.07, 6.45) is 6.14. The lowest BCUT2D eigenvalue weighted by atomic mass is 10.1. The molecule has 0 fully saturated rings. The fraction of sp³-hybridized carbons (Fsp3) is 0.238. The van der Waals surface area contributed by atoms with E-state index in [-0.39, 0.29) is 12.3 Å². The third-order valence-corrected chi connectivity index (χ3v) is 5.18. The molecule has 0 aliphatic carbocycles. The molecule has 0 aliphatic heterocycles. The summed E-state index contributed by atoms with van der Waals surface area (Å²) < 4.78 is 7.38. The second kappa shape index (κ2) is 8.78. The topological polar surface area (TPSA) is 118 Å². The molecule has 0 aliphatic rings. The zero-order valence-corrected chi connectivity index (χ0v) is 18.8. The molecule has 166 valence electrons. The number of fused-ring (bicyclic) bond motifs is 1. The highest BCUT2D eigenvalue weighted by Crippen LogP contribution is 2.27. The summed E-state index contributed by atoms with van der Waals surface area (Å²) in [5, 5.41) is 25.2. The second-order valence-corrected chi connectivity index (χ2v) is 8.66. The van der Waals surface area contributed by atoms with Crippen molar-refractivity contribution in [3.63, 3.8) is 0 Å².